The summed E-state index contributed by atoms with van der Waals surface area (Å²) in [5, 5.41) is 9.58. The van der Waals surface area contributed by atoms with Crippen LogP contribution in [0.25, 0.3) is 21.8 Å². The maximum absolute atomic E-state index is 13.3. The first-order valence-corrected chi connectivity index (χ1v) is 21.7. The molecule has 0 radical (unpaired) electrons. The highest BCUT2D eigenvalue weighted by molar-refractivity contribution is 6.17. The monoisotopic (exact) mass is 876 g/mol. The number of piperidine rings is 1. The van der Waals surface area contributed by atoms with E-state index in [1.165, 1.54) is 24.3 Å². The van der Waals surface area contributed by atoms with Gasteiger partial charge in [-0.05, 0) is 110 Å². The molecule has 2 aromatic heterocycles. The standard InChI is InChI=1S/C49H45FN8O7/c1-64-43-26-37-39(51-18-14-42(37)65-35-10-8-33(9-11-35)54-48(63)49(16-17-49)47(62)53-32-6-3-31(50)4-7-32)27-41(43)57-22-20-56(21-23-57)19-15-34-5-2-29-24-36-30(25-38(29)52-34)28-58(46(36)61)40-12-13-44(59)55-45(40)60/h2-11,14,18,24-27,40H,12-13,15-17,19-23,28H2,1H3,(H,53,62)(H,54,63)(H,55,59,60)/t40-/m0/s1. The number of methoxy groups -OCH3 is 1. The van der Waals surface area contributed by atoms with Crippen molar-refractivity contribution in [2.45, 2.75) is 44.7 Å². The predicted molar refractivity (Wildman–Crippen MR) is 240 cm³/mol. The number of imide groups is 1. The fraction of sp³-hybridized carbons (Fsp3) is 0.286. The van der Waals surface area contributed by atoms with Crippen molar-refractivity contribution >= 4 is 68.4 Å². The maximum Gasteiger partial charge on any atom is 0.255 e. The molecule has 1 atom stereocenters. The number of rotatable bonds is 12. The number of amides is 5. The van der Waals surface area contributed by atoms with Crippen LogP contribution in [0.3, 0.4) is 0 Å². The molecule has 2 saturated heterocycles. The van der Waals surface area contributed by atoms with Crippen LogP contribution < -0.4 is 30.3 Å². The molecule has 0 unspecified atom stereocenters. The number of ether oxygens (including phenoxy) is 2. The number of piperazine rings is 1. The number of carbonyl (C=O) groups excluding carboxylic acids is 5. The van der Waals surface area contributed by atoms with Crippen molar-refractivity contribution < 1.29 is 37.8 Å². The van der Waals surface area contributed by atoms with Gasteiger partial charge in [0.25, 0.3) is 5.91 Å². The minimum absolute atomic E-state index is 0.195. The summed E-state index contributed by atoms with van der Waals surface area (Å²) < 4.78 is 25.6. The largest absolute Gasteiger partial charge is 0.495 e. The van der Waals surface area contributed by atoms with Crippen molar-refractivity contribution in [3.05, 3.63) is 120 Å². The maximum atomic E-state index is 13.3. The number of hydrogen-bond donors (Lipinski definition) is 3. The highest BCUT2D eigenvalue weighted by Crippen LogP contribution is 2.48. The van der Waals surface area contributed by atoms with E-state index in [0.717, 1.165) is 77.9 Å². The molecule has 3 aliphatic heterocycles. The minimum atomic E-state index is -1.18. The molecule has 10 rings (SSSR count). The van der Waals surface area contributed by atoms with Crippen molar-refractivity contribution in [2.75, 3.05) is 55.4 Å². The van der Waals surface area contributed by atoms with E-state index in [1.807, 2.05) is 36.4 Å². The van der Waals surface area contributed by atoms with Gasteiger partial charge in [-0.2, -0.15) is 0 Å². The molecule has 4 aromatic carbocycles. The smallest absolute Gasteiger partial charge is 0.255 e. The second-order valence-electron chi connectivity index (χ2n) is 17.0. The molecule has 0 bridgehead atoms. The quantitative estimate of drug-likeness (QED) is 0.0943. The summed E-state index contributed by atoms with van der Waals surface area (Å²) >= 11 is 0. The minimum Gasteiger partial charge on any atom is -0.495 e. The lowest BCUT2D eigenvalue weighted by Crippen LogP contribution is -2.52. The average molecular weight is 877 g/mol. The van der Waals surface area contributed by atoms with E-state index in [2.05, 4.69) is 30.7 Å². The highest BCUT2D eigenvalue weighted by Gasteiger charge is 2.56. The number of fused-ring (bicyclic) bond motifs is 3. The Hall–Kier alpha value is -7.46. The number of anilines is 3. The number of halogens is 1. The molecule has 15 nitrogen and oxygen atoms in total. The predicted octanol–water partition coefficient (Wildman–Crippen LogP) is 6.21. The van der Waals surface area contributed by atoms with Gasteiger partial charge in [-0.3, -0.25) is 44.2 Å². The van der Waals surface area contributed by atoms with Crippen LogP contribution in [-0.2, 0) is 32.1 Å². The first-order chi connectivity index (χ1) is 31.5. The van der Waals surface area contributed by atoms with Crippen molar-refractivity contribution in [3.8, 4) is 17.2 Å². The van der Waals surface area contributed by atoms with E-state index >= 15 is 0 Å². The Labute approximate surface area is 372 Å². The topological polar surface area (TPSA) is 175 Å². The van der Waals surface area contributed by atoms with Gasteiger partial charge in [0, 0.05) is 91.7 Å². The first-order valence-electron chi connectivity index (χ1n) is 21.7. The van der Waals surface area contributed by atoms with Gasteiger partial charge < -0.3 is 29.9 Å². The number of nitrogens with zero attached hydrogens (tertiary/aromatic N) is 5. The van der Waals surface area contributed by atoms with Gasteiger partial charge in [0.05, 0.1) is 23.8 Å². The summed E-state index contributed by atoms with van der Waals surface area (Å²) in [7, 11) is 1.65. The van der Waals surface area contributed by atoms with Crippen LogP contribution in [0, 0.1) is 11.2 Å². The summed E-state index contributed by atoms with van der Waals surface area (Å²) in [5.74, 6) is -0.327. The van der Waals surface area contributed by atoms with Crippen LogP contribution in [0.4, 0.5) is 21.5 Å². The Morgan fingerprint density at radius 2 is 1.57 bits per heavy atom. The normalized spacial score (nSPS) is 18.1. The summed E-state index contributed by atoms with van der Waals surface area (Å²) in [4.78, 5) is 79.6. The van der Waals surface area contributed by atoms with E-state index in [-0.39, 0.29) is 18.2 Å². The Morgan fingerprint density at radius 1 is 0.846 bits per heavy atom. The zero-order valence-electron chi connectivity index (χ0n) is 35.6. The third kappa shape index (κ3) is 8.28. The van der Waals surface area contributed by atoms with E-state index in [1.54, 1.807) is 48.5 Å². The van der Waals surface area contributed by atoms with Crippen molar-refractivity contribution in [2.24, 2.45) is 5.41 Å². The molecule has 16 heteroatoms. The number of hydrogen-bond acceptors (Lipinski definition) is 11. The molecule has 65 heavy (non-hydrogen) atoms. The lowest BCUT2D eigenvalue weighted by molar-refractivity contribution is -0.137. The summed E-state index contributed by atoms with van der Waals surface area (Å²) in [6.07, 6.45) is 3.84. The van der Waals surface area contributed by atoms with Crippen molar-refractivity contribution in [3.63, 3.8) is 0 Å². The van der Waals surface area contributed by atoms with E-state index in [9.17, 15) is 28.4 Å². The van der Waals surface area contributed by atoms with Crippen molar-refractivity contribution in [1.82, 2.24) is 25.1 Å². The molecule has 1 aliphatic carbocycles. The number of benzene rings is 4. The van der Waals surface area contributed by atoms with Crippen molar-refractivity contribution in [1.29, 1.82) is 0 Å². The van der Waals surface area contributed by atoms with Crippen LogP contribution in [-0.4, -0.2) is 95.2 Å². The third-order valence-electron chi connectivity index (χ3n) is 12.9. The van der Waals surface area contributed by atoms with Gasteiger partial charge in [0.15, 0.2) is 0 Å². The zero-order chi connectivity index (χ0) is 44.8. The molecule has 1 saturated carbocycles. The van der Waals surface area contributed by atoms with Gasteiger partial charge in [-0.25, -0.2) is 4.39 Å². The number of nitrogens with one attached hydrogen (secondary N) is 3. The molecule has 3 N–H and O–H groups in total. The fourth-order valence-corrected chi connectivity index (χ4v) is 8.94. The first kappa shape index (κ1) is 41.5. The summed E-state index contributed by atoms with van der Waals surface area (Å²) in [6, 6.07) is 25.3. The van der Waals surface area contributed by atoms with E-state index < -0.39 is 35.0 Å². The SMILES string of the molecule is COc1cc2c(Oc3ccc(NC(=O)C4(C(=O)Nc5ccc(F)cc5)CC4)cc3)ccnc2cc1N1CCN(CCc2ccc3cc4c(cc3n2)CN([C@H]2CCC(=O)NC2=O)C4=O)CC1. The van der Waals surface area contributed by atoms with Gasteiger partial charge in [-0.1, -0.05) is 6.07 Å². The number of pyridine rings is 2. The molecule has 4 aliphatic rings. The van der Waals surface area contributed by atoms with Gasteiger partial charge in [-0.15, -0.1) is 0 Å². The molecular formula is C49H45FN8O7. The Morgan fingerprint density at radius 3 is 2.26 bits per heavy atom. The van der Waals surface area contributed by atoms with Crippen LogP contribution in [0.1, 0.15) is 47.3 Å². The molecular weight excluding hydrogens is 832 g/mol. The van der Waals surface area contributed by atoms with Crippen LogP contribution in [0.5, 0.6) is 17.2 Å². The highest BCUT2D eigenvalue weighted by atomic mass is 19.1. The lowest BCUT2D eigenvalue weighted by atomic mass is 10.0. The molecule has 0 spiro atoms. The molecule has 5 amide bonds. The zero-order valence-corrected chi connectivity index (χ0v) is 35.6. The molecule has 330 valence electrons. The second kappa shape index (κ2) is 16.9. The third-order valence-corrected chi connectivity index (χ3v) is 12.9. The Bertz CT molecular complexity index is 2900. The molecule has 6 aromatic rings. The lowest BCUT2D eigenvalue weighted by Gasteiger charge is -2.36. The van der Waals surface area contributed by atoms with Crippen LogP contribution in [0.2, 0.25) is 0 Å². The summed E-state index contributed by atoms with van der Waals surface area (Å²) in [6.45, 7) is 4.41. The second-order valence-corrected chi connectivity index (χ2v) is 17.0. The Kier molecular flexibility index (Phi) is 10.8. The summed E-state index contributed by atoms with van der Waals surface area (Å²) in [5.41, 5.74) is 4.65. The van der Waals surface area contributed by atoms with Gasteiger partial charge in [0.1, 0.15) is 34.5 Å². The van der Waals surface area contributed by atoms with E-state index in [0.29, 0.717) is 60.0 Å². The van der Waals surface area contributed by atoms with Gasteiger partial charge in [0.2, 0.25) is 23.6 Å². The van der Waals surface area contributed by atoms with Crippen LogP contribution in [0.15, 0.2) is 97.2 Å². The Balaban J connectivity index is 0.743. The molecule has 5 heterocycles. The van der Waals surface area contributed by atoms with E-state index in [4.69, 9.17) is 14.5 Å². The average Bonchev–Trinajstić information content (AvgIpc) is 4.08. The van der Waals surface area contributed by atoms with Crippen LogP contribution >= 0.6 is 0 Å². The number of aromatic nitrogens is 2. The van der Waals surface area contributed by atoms with Gasteiger partial charge >= 0.3 is 0 Å². The molecule has 3 fully saturated rings. The number of carbonyl (C=O) groups is 5. The fourth-order valence-electron chi connectivity index (χ4n) is 8.94.